The largest absolute Gasteiger partial charge is 0.383 e. The first-order valence-electron chi connectivity index (χ1n) is 6.95. The smallest absolute Gasteiger partial charge is 0.317 e. The van der Waals surface area contributed by atoms with Gasteiger partial charge in [-0.05, 0) is 32.7 Å². The van der Waals surface area contributed by atoms with Gasteiger partial charge in [0.05, 0.1) is 6.61 Å². The second kappa shape index (κ2) is 6.38. The van der Waals surface area contributed by atoms with Crippen molar-refractivity contribution in [3.63, 3.8) is 0 Å². The Kier molecular flexibility index (Phi) is 4.83. The molecule has 1 atom stereocenters. The van der Waals surface area contributed by atoms with E-state index in [2.05, 4.69) is 17.3 Å². The van der Waals surface area contributed by atoms with E-state index in [4.69, 9.17) is 4.74 Å². The van der Waals surface area contributed by atoms with E-state index in [1.54, 1.807) is 7.11 Å². The van der Waals surface area contributed by atoms with Crippen molar-refractivity contribution in [3.05, 3.63) is 0 Å². The molecule has 5 nitrogen and oxygen atoms in total. The Morgan fingerprint density at radius 3 is 2.89 bits per heavy atom. The highest BCUT2D eigenvalue weighted by Gasteiger charge is 2.32. The Bertz CT molecular complexity index is 281. The quantitative estimate of drug-likeness (QED) is 0.767. The van der Waals surface area contributed by atoms with Crippen LogP contribution in [0.5, 0.6) is 0 Å². The molecule has 0 radical (unpaired) electrons. The first-order chi connectivity index (χ1) is 8.70. The number of hydrogen-bond donors (Lipinski definition) is 1. The second-order valence-electron chi connectivity index (χ2n) is 5.47. The average Bonchev–Trinajstić information content (AvgIpc) is 3.03. The number of likely N-dealkylation sites (tertiary alicyclic amines) is 1. The molecule has 0 aromatic rings. The number of carbonyl (C=O) groups excluding carboxylic acids is 1. The third-order valence-electron chi connectivity index (χ3n) is 3.74. The molecule has 2 rings (SSSR count). The van der Waals surface area contributed by atoms with Gasteiger partial charge in [-0.25, -0.2) is 4.79 Å². The number of ether oxygens (including phenoxy) is 1. The van der Waals surface area contributed by atoms with Gasteiger partial charge in [0.2, 0.25) is 0 Å². The first kappa shape index (κ1) is 13.6. The summed E-state index contributed by atoms with van der Waals surface area (Å²) in [5.74, 6) is 0. The fraction of sp³-hybridized carbons (Fsp3) is 0.923. The van der Waals surface area contributed by atoms with Crippen LogP contribution < -0.4 is 5.32 Å². The number of methoxy groups -OCH3 is 1. The molecule has 104 valence electrons. The zero-order valence-electron chi connectivity index (χ0n) is 11.5. The molecule has 1 saturated heterocycles. The van der Waals surface area contributed by atoms with Crippen LogP contribution in [-0.2, 0) is 4.74 Å². The summed E-state index contributed by atoms with van der Waals surface area (Å²) in [5.41, 5.74) is 0. The molecule has 1 aliphatic carbocycles. The van der Waals surface area contributed by atoms with E-state index in [0.717, 1.165) is 51.9 Å². The van der Waals surface area contributed by atoms with Gasteiger partial charge in [-0.2, -0.15) is 0 Å². The normalized spacial score (nSPS) is 23.7. The standard InChI is InChI=1S/C13H25N3O2/c1-15(8-9-18-2)10-12-4-3-7-16(12)13(17)14-11-5-6-11/h11-12H,3-10H2,1-2H3,(H,14,17). The Hall–Kier alpha value is -0.810. The zero-order valence-corrected chi connectivity index (χ0v) is 11.5. The maximum absolute atomic E-state index is 12.1. The van der Waals surface area contributed by atoms with Crippen LogP contribution in [0.1, 0.15) is 25.7 Å². The van der Waals surface area contributed by atoms with E-state index in [9.17, 15) is 4.79 Å². The maximum atomic E-state index is 12.1. The van der Waals surface area contributed by atoms with Gasteiger partial charge in [-0.3, -0.25) is 0 Å². The highest BCUT2D eigenvalue weighted by atomic mass is 16.5. The lowest BCUT2D eigenvalue weighted by Gasteiger charge is -2.28. The Balaban J connectivity index is 1.76. The summed E-state index contributed by atoms with van der Waals surface area (Å²) in [6, 6.07) is 0.954. The predicted octanol–water partition coefficient (Wildman–Crippen LogP) is 0.901. The lowest BCUT2D eigenvalue weighted by atomic mass is 10.2. The number of hydrogen-bond acceptors (Lipinski definition) is 3. The van der Waals surface area contributed by atoms with Crippen molar-refractivity contribution in [1.82, 2.24) is 15.1 Å². The molecular formula is C13H25N3O2. The first-order valence-corrected chi connectivity index (χ1v) is 6.95. The van der Waals surface area contributed by atoms with Crippen molar-refractivity contribution < 1.29 is 9.53 Å². The molecule has 1 N–H and O–H groups in total. The minimum Gasteiger partial charge on any atom is -0.383 e. The van der Waals surface area contributed by atoms with Gasteiger partial charge < -0.3 is 19.9 Å². The monoisotopic (exact) mass is 255 g/mol. The number of carbonyl (C=O) groups is 1. The van der Waals surface area contributed by atoms with Crippen molar-refractivity contribution >= 4 is 6.03 Å². The minimum absolute atomic E-state index is 0.139. The molecule has 18 heavy (non-hydrogen) atoms. The van der Waals surface area contributed by atoms with Gasteiger partial charge in [-0.1, -0.05) is 0 Å². The second-order valence-corrected chi connectivity index (χ2v) is 5.47. The van der Waals surface area contributed by atoms with Gasteiger partial charge in [0.15, 0.2) is 0 Å². The van der Waals surface area contributed by atoms with Gasteiger partial charge >= 0.3 is 6.03 Å². The van der Waals surface area contributed by atoms with Crippen LogP contribution in [-0.4, -0.2) is 68.3 Å². The summed E-state index contributed by atoms with van der Waals surface area (Å²) >= 11 is 0. The molecule has 1 heterocycles. The van der Waals surface area contributed by atoms with E-state index < -0.39 is 0 Å². The van der Waals surface area contributed by atoms with Crippen LogP contribution in [0.2, 0.25) is 0 Å². The topological polar surface area (TPSA) is 44.8 Å². The summed E-state index contributed by atoms with van der Waals surface area (Å²) in [5, 5.41) is 3.09. The van der Waals surface area contributed by atoms with Crippen molar-refractivity contribution in [2.45, 2.75) is 37.8 Å². The van der Waals surface area contributed by atoms with Crippen LogP contribution in [0.25, 0.3) is 0 Å². The van der Waals surface area contributed by atoms with Crippen molar-refractivity contribution in [2.75, 3.05) is 40.4 Å². The number of likely N-dealkylation sites (N-methyl/N-ethyl adjacent to an activating group) is 1. The highest BCUT2D eigenvalue weighted by molar-refractivity contribution is 5.75. The Morgan fingerprint density at radius 1 is 1.44 bits per heavy atom. The van der Waals surface area contributed by atoms with Gasteiger partial charge in [0.1, 0.15) is 0 Å². The third kappa shape index (κ3) is 3.85. The molecule has 0 bridgehead atoms. The van der Waals surface area contributed by atoms with E-state index in [1.165, 1.54) is 0 Å². The van der Waals surface area contributed by atoms with Crippen molar-refractivity contribution in [2.24, 2.45) is 0 Å². The summed E-state index contributed by atoms with van der Waals surface area (Å²) in [6.45, 7) is 3.52. The van der Waals surface area contributed by atoms with E-state index in [0.29, 0.717) is 12.1 Å². The van der Waals surface area contributed by atoms with Crippen LogP contribution in [0, 0.1) is 0 Å². The number of rotatable bonds is 6. The zero-order chi connectivity index (χ0) is 13.0. The fourth-order valence-corrected chi connectivity index (χ4v) is 2.48. The summed E-state index contributed by atoms with van der Waals surface area (Å²) in [4.78, 5) is 16.3. The molecule has 0 aromatic heterocycles. The van der Waals surface area contributed by atoms with Gasteiger partial charge in [0.25, 0.3) is 0 Å². The number of urea groups is 1. The number of amides is 2. The Morgan fingerprint density at radius 2 is 2.22 bits per heavy atom. The highest BCUT2D eigenvalue weighted by Crippen LogP contribution is 2.22. The summed E-state index contributed by atoms with van der Waals surface area (Å²) < 4.78 is 5.08. The molecule has 2 amide bonds. The average molecular weight is 255 g/mol. The number of nitrogens with zero attached hydrogens (tertiary/aromatic N) is 2. The van der Waals surface area contributed by atoms with Crippen LogP contribution >= 0.6 is 0 Å². The van der Waals surface area contributed by atoms with Crippen molar-refractivity contribution in [1.29, 1.82) is 0 Å². The van der Waals surface area contributed by atoms with Gasteiger partial charge in [-0.15, -0.1) is 0 Å². The third-order valence-corrected chi connectivity index (χ3v) is 3.74. The van der Waals surface area contributed by atoms with E-state index in [1.807, 2.05) is 4.90 Å². The molecule has 2 aliphatic rings. The summed E-state index contributed by atoms with van der Waals surface area (Å²) in [6.07, 6.45) is 4.55. The summed E-state index contributed by atoms with van der Waals surface area (Å²) in [7, 11) is 3.81. The lowest BCUT2D eigenvalue weighted by Crippen LogP contribution is -2.47. The van der Waals surface area contributed by atoms with E-state index >= 15 is 0 Å². The Labute approximate surface area is 109 Å². The molecule has 2 fully saturated rings. The molecule has 0 spiro atoms. The maximum Gasteiger partial charge on any atom is 0.317 e. The lowest BCUT2D eigenvalue weighted by molar-refractivity contribution is 0.140. The molecule has 5 heteroatoms. The molecule has 1 saturated carbocycles. The SMILES string of the molecule is COCCN(C)CC1CCCN1C(=O)NC1CC1. The molecule has 0 aromatic carbocycles. The van der Waals surface area contributed by atoms with Crippen LogP contribution in [0.3, 0.4) is 0 Å². The van der Waals surface area contributed by atoms with Crippen LogP contribution in [0.15, 0.2) is 0 Å². The molecule has 1 unspecified atom stereocenters. The van der Waals surface area contributed by atoms with Crippen molar-refractivity contribution in [3.8, 4) is 0 Å². The minimum atomic E-state index is 0.139. The van der Waals surface area contributed by atoms with Crippen LogP contribution in [0.4, 0.5) is 4.79 Å². The predicted molar refractivity (Wildman–Crippen MR) is 70.7 cm³/mol. The molecular weight excluding hydrogens is 230 g/mol. The fourth-order valence-electron chi connectivity index (χ4n) is 2.48. The van der Waals surface area contributed by atoms with Gasteiger partial charge in [0, 0.05) is 38.8 Å². The molecule has 1 aliphatic heterocycles. The van der Waals surface area contributed by atoms with E-state index in [-0.39, 0.29) is 6.03 Å². The number of nitrogens with one attached hydrogen (secondary N) is 1.